The second kappa shape index (κ2) is 9.46. The average molecular weight is 355 g/mol. The third-order valence-corrected chi connectivity index (χ3v) is 3.93. The molecule has 2 rings (SSSR count). The quantitative estimate of drug-likeness (QED) is 0.591. The summed E-state index contributed by atoms with van der Waals surface area (Å²) >= 11 is 0. The molecule has 0 atom stereocenters. The van der Waals surface area contributed by atoms with Crippen molar-refractivity contribution in [1.82, 2.24) is 5.32 Å². The number of benzene rings is 2. The first-order chi connectivity index (χ1) is 12.5. The van der Waals surface area contributed by atoms with Gasteiger partial charge in [-0.3, -0.25) is 9.59 Å². The lowest BCUT2D eigenvalue weighted by molar-refractivity contribution is -0.136. The Kier molecular flexibility index (Phi) is 7.02. The van der Waals surface area contributed by atoms with Gasteiger partial charge in [0.25, 0.3) is 0 Å². The highest BCUT2D eigenvalue weighted by Gasteiger charge is 2.12. The Labute approximate surface area is 154 Å². The van der Waals surface area contributed by atoms with Crippen LogP contribution < -0.4 is 20.3 Å². The highest BCUT2D eigenvalue weighted by Crippen LogP contribution is 2.15. The standard InChI is InChI=1S/C20H25N3O3/c1-23(2)17-10-6-15(7-11-17)5-4-14-21-19(24)20(25)22-16-8-12-18(26-3)13-9-16/h6-13H,4-5,14H2,1-3H3,(H,21,24)(H,22,25). The van der Waals surface area contributed by atoms with Crippen molar-refractivity contribution in [3.05, 3.63) is 54.1 Å². The van der Waals surface area contributed by atoms with Crippen LogP contribution in [0.1, 0.15) is 12.0 Å². The van der Waals surface area contributed by atoms with Gasteiger partial charge in [0.05, 0.1) is 7.11 Å². The van der Waals surface area contributed by atoms with E-state index in [4.69, 9.17) is 4.74 Å². The van der Waals surface area contributed by atoms with Gasteiger partial charge in [0, 0.05) is 32.0 Å². The van der Waals surface area contributed by atoms with Crippen LogP contribution in [0.4, 0.5) is 11.4 Å². The Morgan fingerprint density at radius 3 is 2.19 bits per heavy atom. The van der Waals surface area contributed by atoms with Crippen molar-refractivity contribution in [3.8, 4) is 5.75 Å². The largest absolute Gasteiger partial charge is 0.497 e. The number of ether oxygens (including phenoxy) is 1. The fraction of sp³-hybridized carbons (Fsp3) is 0.300. The van der Waals surface area contributed by atoms with Gasteiger partial charge in [-0.2, -0.15) is 0 Å². The Morgan fingerprint density at radius 2 is 1.62 bits per heavy atom. The molecular weight excluding hydrogens is 330 g/mol. The zero-order valence-electron chi connectivity index (χ0n) is 15.4. The van der Waals surface area contributed by atoms with E-state index in [1.807, 2.05) is 19.0 Å². The van der Waals surface area contributed by atoms with Crippen molar-refractivity contribution in [2.24, 2.45) is 0 Å². The van der Waals surface area contributed by atoms with Gasteiger partial charge in [-0.15, -0.1) is 0 Å². The number of aryl methyl sites for hydroxylation is 1. The summed E-state index contributed by atoms with van der Waals surface area (Å²) in [6, 6.07) is 15.1. The van der Waals surface area contributed by atoms with Crippen LogP contribution >= 0.6 is 0 Å². The number of anilines is 2. The maximum atomic E-state index is 11.9. The summed E-state index contributed by atoms with van der Waals surface area (Å²) < 4.78 is 5.05. The van der Waals surface area contributed by atoms with E-state index < -0.39 is 11.8 Å². The van der Waals surface area contributed by atoms with Crippen molar-refractivity contribution in [2.75, 3.05) is 38.0 Å². The van der Waals surface area contributed by atoms with E-state index in [1.54, 1.807) is 31.4 Å². The first-order valence-electron chi connectivity index (χ1n) is 8.49. The Balaban J connectivity index is 1.71. The molecule has 26 heavy (non-hydrogen) atoms. The Hall–Kier alpha value is -3.02. The number of carbonyl (C=O) groups is 2. The number of nitrogens with zero attached hydrogens (tertiary/aromatic N) is 1. The summed E-state index contributed by atoms with van der Waals surface area (Å²) in [7, 11) is 5.57. The molecule has 0 aliphatic rings. The Bertz CT molecular complexity index is 725. The molecule has 6 nitrogen and oxygen atoms in total. The normalized spacial score (nSPS) is 10.1. The highest BCUT2D eigenvalue weighted by atomic mass is 16.5. The molecule has 0 spiro atoms. The van der Waals surface area contributed by atoms with Gasteiger partial charge in [-0.05, 0) is 54.8 Å². The van der Waals surface area contributed by atoms with Gasteiger partial charge in [0.15, 0.2) is 0 Å². The summed E-state index contributed by atoms with van der Waals surface area (Å²) in [4.78, 5) is 25.8. The molecule has 0 radical (unpaired) electrons. The highest BCUT2D eigenvalue weighted by molar-refractivity contribution is 6.39. The molecule has 0 aromatic heterocycles. The van der Waals surface area contributed by atoms with Crippen molar-refractivity contribution >= 4 is 23.2 Å². The van der Waals surface area contributed by atoms with Crippen LogP contribution in [0.25, 0.3) is 0 Å². The topological polar surface area (TPSA) is 70.7 Å². The summed E-state index contributed by atoms with van der Waals surface area (Å²) in [6.45, 7) is 0.449. The molecular formula is C20H25N3O3. The van der Waals surface area contributed by atoms with Crippen LogP contribution in [0.15, 0.2) is 48.5 Å². The third kappa shape index (κ3) is 5.81. The van der Waals surface area contributed by atoms with Gasteiger partial charge in [0.1, 0.15) is 5.75 Å². The number of carbonyl (C=O) groups excluding carboxylic acids is 2. The first kappa shape index (κ1) is 19.3. The molecule has 0 aliphatic carbocycles. The lowest BCUT2D eigenvalue weighted by Gasteiger charge is -2.12. The van der Waals surface area contributed by atoms with Crippen molar-refractivity contribution in [3.63, 3.8) is 0 Å². The van der Waals surface area contributed by atoms with E-state index in [1.165, 1.54) is 5.56 Å². The Morgan fingerprint density at radius 1 is 0.962 bits per heavy atom. The molecule has 0 aliphatic heterocycles. The SMILES string of the molecule is COc1ccc(NC(=O)C(=O)NCCCc2ccc(N(C)C)cc2)cc1. The molecule has 0 fully saturated rings. The molecule has 6 heteroatoms. The number of amides is 2. The summed E-state index contributed by atoms with van der Waals surface area (Å²) in [5.41, 5.74) is 2.90. The minimum atomic E-state index is -0.675. The van der Waals surface area contributed by atoms with Gasteiger partial charge in [0.2, 0.25) is 0 Å². The van der Waals surface area contributed by atoms with Gasteiger partial charge in [-0.1, -0.05) is 12.1 Å². The van der Waals surface area contributed by atoms with Crippen LogP contribution in [0, 0.1) is 0 Å². The summed E-state index contributed by atoms with van der Waals surface area (Å²) in [6.07, 6.45) is 1.61. The monoisotopic (exact) mass is 355 g/mol. The van der Waals surface area contributed by atoms with Crippen LogP contribution in [-0.4, -0.2) is 39.6 Å². The van der Waals surface area contributed by atoms with Crippen molar-refractivity contribution < 1.29 is 14.3 Å². The fourth-order valence-electron chi connectivity index (χ4n) is 2.40. The first-order valence-corrected chi connectivity index (χ1v) is 8.49. The molecule has 2 N–H and O–H groups in total. The van der Waals surface area contributed by atoms with Crippen molar-refractivity contribution in [1.29, 1.82) is 0 Å². The summed E-state index contributed by atoms with van der Waals surface area (Å²) in [5, 5.41) is 5.20. The van der Waals surface area contributed by atoms with E-state index in [2.05, 4.69) is 34.9 Å². The predicted molar refractivity (Wildman–Crippen MR) is 104 cm³/mol. The fourth-order valence-corrected chi connectivity index (χ4v) is 2.40. The number of nitrogens with one attached hydrogen (secondary N) is 2. The second-order valence-electron chi connectivity index (χ2n) is 6.10. The van der Waals surface area contributed by atoms with Gasteiger partial charge in [-0.25, -0.2) is 0 Å². The van der Waals surface area contributed by atoms with E-state index >= 15 is 0 Å². The zero-order chi connectivity index (χ0) is 18.9. The molecule has 2 aromatic rings. The lowest BCUT2D eigenvalue weighted by atomic mass is 10.1. The zero-order valence-corrected chi connectivity index (χ0v) is 15.4. The van der Waals surface area contributed by atoms with Crippen LogP contribution in [0.5, 0.6) is 5.75 Å². The van der Waals surface area contributed by atoms with Crippen LogP contribution in [-0.2, 0) is 16.0 Å². The maximum Gasteiger partial charge on any atom is 0.313 e. The van der Waals surface area contributed by atoms with Gasteiger partial charge < -0.3 is 20.3 Å². The smallest absolute Gasteiger partial charge is 0.313 e. The van der Waals surface area contributed by atoms with E-state index in [0.29, 0.717) is 18.0 Å². The molecule has 138 valence electrons. The molecule has 2 amide bonds. The third-order valence-electron chi connectivity index (χ3n) is 3.93. The van der Waals surface area contributed by atoms with E-state index in [9.17, 15) is 9.59 Å². The molecule has 0 saturated heterocycles. The van der Waals surface area contributed by atoms with E-state index in [-0.39, 0.29) is 0 Å². The average Bonchev–Trinajstić information content (AvgIpc) is 2.66. The van der Waals surface area contributed by atoms with Gasteiger partial charge >= 0.3 is 11.8 Å². The second-order valence-corrected chi connectivity index (χ2v) is 6.10. The summed E-state index contributed by atoms with van der Waals surface area (Å²) in [5.74, 6) is -0.625. The molecule has 0 bridgehead atoms. The predicted octanol–water partition coefficient (Wildman–Crippen LogP) is 2.45. The molecule has 0 heterocycles. The van der Waals surface area contributed by atoms with Crippen LogP contribution in [0.2, 0.25) is 0 Å². The minimum absolute atomic E-state index is 0.449. The number of methoxy groups -OCH3 is 1. The van der Waals surface area contributed by atoms with E-state index in [0.717, 1.165) is 18.5 Å². The molecule has 0 saturated carbocycles. The maximum absolute atomic E-state index is 11.9. The molecule has 2 aromatic carbocycles. The number of hydrogen-bond donors (Lipinski definition) is 2. The lowest BCUT2D eigenvalue weighted by Crippen LogP contribution is -2.36. The number of rotatable bonds is 7. The minimum Gasteiger partial charge on any atom is -0.497 e. The van der Waals surface area contributed by atoms with Crippen molar-refractivity contribution in [2.45, 2.75) is 12.8 Å². The van der Waals surface area contributed by atoms with Crippen LogP contribution in [0.3, 0.4) is 0 Å². The number of hydrogen-bond acceptors (Lipinski definition) is 4. The molecule has 0 unspecified atom stereocenters.